The predicted octanol–water partition coefficient (Wildman–Crippen LogP) is 3.76. The molecule has 0 aliphatic carbocycles. The van der Waals surface area contributed by atoms with Crippen LogP contribution in [0, 0.1) is 0 Å². The number of urea groups is 1. The molecular formula is C22H31N3O2S. The van der Waals surface area contributed by atoms with Crippen molar-refractivity contribution in [2.75, 3.05) is 27.2 Å². The van der Waals surface area contributed by atoms with Crippen molar-refractivity contribution in [3.05, 3.63) is 64.9 Å². The average molecular weight is 402 g/mol. The van der Waals surface area contributed by atoms with Crippen LogP contribution in [0.1, 0.15) is 18.1 Å². The van der Waals surface area contributed by atoms with E-state index in [9.17, 15) is 9.90 Å². The van der Waals surface area contributed by atoms with Gasteiger partial charge in [-0.1, -0.05) is 18.2 Å². The molecule has 0 unspecified atom stereocenters. The van der Waals surface area contributed by atoms with E-state index in [1.807, 2.05) is 38.1 Å². The van der Waals surface area contributed by atoms with Gasteiger partial charge in [-0.2, -0.15) is 11.3 Å². The minimum atomic E-state index is -0.0693. The van der Waals surface area contributed by atoms with Crippen LogP contribution in [0.15, 0.2) is 53.7 Å². The number of nitrogens with one attached hydrogen (secondary N) is 1. The highest BCUT2D eigenvalue weighted by Gasteiger charge is 2.21. The maximum Gasteiger partial charge on any atom is 0.317 e. The summed E-state index contributed by atoms with van der Waals surface area (Å²) < 4.78 is 0. The molecule has 0 fully saturated rings. The van der Waals surface area contributed by atoms with E-state index >= 15 is 0 Å². The fourth-order valence-electron chi connectivity index (χ4n) is 3.08. The van der Waals surface area contributed by atoms with Gasteiger partial charge in [0.1, 0.15) is 5.75 Å². The van der Waals surface area contributed by atoms with Gasteiger partial charge < -0.3 is 20.2 Å². The van der Waals surface area contributed by atoms with Gasteiger partial charge in [0, 0.05) is 25.2 Å². The van der Waals surface area contributed by atoms with Crippen molar-refractivity contribution in [1.82, 2.24) is 15.1 Å². The van der Waals surface area contributed by atoms with Gasteiger partial charge >= 0.3 is 6.03 Å². The molecule has 5 nitrogen and oxygen atoms in total. The smallest absolute Gasteiger partial charge is 0.317 e. The predicted molar refractivity (Wildman–Crippen MR) is 117 cm³/mol. The summed E-state index contributed by atoms with van der Waals surface area (Å²) in [5.41, 5.74) is 2.37. The number of rotatable bonds is 10. The Morgan fingerprint density at radius 3 is 2.50 bits per heavy atom. The standard InChI is InChI=1S/C22H31N3O2S/c1-5-11-25(22(27)23-17(2)13-19-10-12-28-16-19)15-20(24(3)4)14-18-6-8-21(26)9-7-18/h5-10,12,16-17,20,26H,1,11,13-15H2,2-4H3,(H,23,27)/t17-,20+/m1/s1. The largest absolute Gasteiger partial charge is 0.508 e. The summed E-state index contributed by atoms with van der Waals surface area (Å²) in [5, 5.41) is 16.8. The molecule has 28 heavy (non-hydrogen) atoms. The molecule has 2 aromatic rings. The maximum atomic E-state index is 12.8. The summed E-state index contributed by atoms with van der Waals surface area (Å²) in [4.78, 5) is 16.8. The Morgan fingerprint density at radius 1 is 1.21 bits per heavy atom. The zero-order chi connectivity index (χ0) is 20.5. The molecule has 0 spiro atoms. The number of thiophene rings is 1. The van der Waals surface area contributed by atoms with Gasteiger partial charge in [-0.3, -0.25) is 0 Å². The Hall–Kier alpha value is -2.31. The fraction of sp³-hybridized carbons (Fsp3) is 0.409. The van der Waals surface area contributed by atoms with Crippen LogP contribution in [0.4, 0.5) is 4.79 Å². The minimum absolute atomic E-state index is 0.0596. The van der Waals surface area contributed by atoms with Crippen molar-refractivity contribution in [2.45, 2.75) is 31.8 Å². The lowest BCUT2D eigenvalue weighted by Crippen LogP contribution is -2.50. The third-order valence-electron chi connectivity index (χ3n) is 4.70. The van der Waals surface area contributed by atoms with Crippen LogP contribution >= 0.6 is 11.3 Å². The Kier molecular flexibility index (Phi) is 8.54. The highest BCUT2D eigenvalue weighted by Crippen LogP contribution is 2.14. The van der Waals surface area contributed by atoms with E-state index in [1.165, 1.54) is 5.56 Å². The van der Waals surface area contributed by atoms with Gasteiger partial charge in [-0.15, -0.1) is 6.58 Å². The molecule has 6 heteroatoms. The molecular weight excluding hydrogens is 370 g/mol. The highest BCUT2D eigenvalue weighted by molar-refractivity contribution is 7.07. The number of hydrogen-bond donors (Lipinski definition) is 2. The normalized spacial score (nSPS) is 13.1. The van der Waals surface area contributed by atoms with Gasteiger partial charge in [-0.05, 0) is 73.9 Å². The number of phenols is 1. The minimum Gasteiger partial charge on any atom is -0.508 e. The lowest BCUT2D eigenvalue weighted by molar-refractivity contribution is 0.174. The van der Waals surface area contributed by atoms with E-state index in [1.54, 1.807) is 29.5 Å². The number of likely N-dealkylation sites (N-methyl/N-ethyl adjacent to an activating group) is 1. The Labute approximate surface area is 172 Å². The summed E-state index contributed by atoms with van der Waals surface area (Å²) in [7, 11) is 4.04. The second-order valence-corrected chi connectivity index (χ2v) is 8.15. The van der Waals surface area contributed by atoms with E-state index in [0.29, 0.717) is 13.1 Å². The second-order valence-electron chi connectivity index (χ2n) is 7.37. The molecule has 1 heterocycles. The molecule has 2 amide bonds. The lowest BCUT2D eigenvalue weighted by Gasteiger charge is -2.32. The third-order valence-corrected chi connectivity index (χ3v) is 5.43. The van der Waals surface area contributed by atoms with Crippen molar-refractivity contribution >= 4 is 17.4 Å². The molecule has 152 valence electrons. The van der Waals surface area contributed by atoms with Crippen LogP contribution in [0.25, 0.3) is 0 Å². The summed E-state index contributed by atoms with van der Waals surface area (Å²) in [6, 6.07) is 9.48. The fourth-order valence-corrected chi connectivity index (χ4v) is 3.76. The second kappa shape index (κ2) is 10.9. The van der Waals surface area contributed by atoms with Crippen molar-refractivity contribution < 1.29 is 9.90 Å². The van der Waals surface area contributed by atoms with Crippen molar-refractivity contribution in [3.8, 4) is 5.75 Å². The lowest BCUT2D eigenvalue weighted by atomic mass is 10.0. The van der Waals surface area contributed by atoms with Crippen LogP contribution in [0.2, 0.25) is 0 Å². The van der Waals surface area contributed by atoms with Crippen LogP contribution in [-0.2, 0) is 12.8 Å². The molecule has 0 aliphatic heterocycles. The average Bonchev–Trinajstić information content (AvgIpc) is 3.14. The Morgan fingerprint density at radius 2 is 1.93 bits per heavy atom. The van der Waals surface area contributed by atoms with Gasteiger partial charge in [-0.25, -0.2) is 4.79 Å². The number of amides is 2. The Bertz CT molecular complexity index is 729. The summed E-state index contributed by atoms with van der Waals surface area (Å²) in [5.74, 6) is 0.262. The van der Waals surface area contributed by atoms with Crippen LogP contribution in [0.3, 0.4) is 0 Å². The van der Waals surface area contributed by atoms with Gasteiger partial charge in [0.15, 0.2) is 0 Å². The van der Waals surface area contributed by atoms with Gasteiger partial charge in [0.05, 0.1) is 0 Å². The number of carbonyl (C=O) groups is 1. The van der Waals surface area contributed by atoms with Crippen LogP contribution < -0.4 is 5.32 Å². The van der Waals surface area contributed by atoms with E-state index in [0.717, 1.165) is 18.4 Å². The first-order chi connectivity index (χ1) is 13.4. The van der Waals surface area contributed by atoms with Gasteiger partial charge in [0.2, 0.25) is 0 Å². The molecule has 2 N–H and O–H groups in total. The van der Waals surface area contributed by atoms with Crippen molar-refractivity contribution in [3.63, 3.8) is 0 Å². The molecule has 1 aromatic heterocycles. The van der Waals surface area contributed by atoms with Crippen LogP contribution in [-0.4, -0.2) is 60.2 Å². The number of carbonyl (C=O) groups excluding carboxylic acids is 1. The number of aromatic hydroxyl groups is 1. The van der Waals surface area contributed by atoms with E-state index < -0.39 is 0 Å². The van der Waals surface area contributed by atoms with Gasteiger partial charge in [0.25, 0.3) is 0 Å². The number of benzene rings is 1. The summed E-state index contributed by atoms with van der Waals surface area (Å²) in [6.45, 7) is 6.93. The molecule has 2 atom stereocenters. The Balaban J connectivity index is 1.99. The van der Waals surface area contributed by atoms with E-state index in [2.05, 4.69) is 33.6 Å². The SMILES string of the molecule is C=CCN(C[C@H](Cc1ccc(O)cc1)N(C)C)C(=O)N[C@H](C)Cc1ccsc1. The molecule has 0 saturated carbocycles. The topological polar surface area (TPSA) is 55.8 Å². The molecule has 0 saturated heterocycles. The summed E-state index contributed by atoms with van der Waals surface area (Å²) in [6.07, 6.45) is 3.37. The molecule has 2 rings (SSSR count). The molecule has 0 radical (unpaired) electrons. The zero-order valence-electron chi connectivity index (χ0n) is 17.0. The number of nitrogens with zero attached hydrogens (tertiary/aromatic N) is 2. The first kappa shape index (κ1) is 22.0. The van der Waals surface area contributed by atoms with Crippen molar-refractivity contribution in [2.24, 2.45) is 0 Å². The third kappa shape index (κ3) is 7.02. The number of hydrogen-bond acceptors (Lipinski definition) is 4. The quantitative estimate of drug-likeness (QED) is 0.596. The first-order valence-electron chi connectivity index (χ1n) is 9.50. The number of phenolic OH excluding ortho intramolecular Hbond substituents is 1. The zero-order valence-corrected chi connectivity index (χ0v) is 17.8. The molecule has 0 aliphatic rings. The van der Waals surface area contributed by atoms with Crippen molar-refractivity contribution in [1.29, 1.82) is 0 Å². The van der Waals surface area contributed by atoms with E-state index in [-0.39, 0.29) is 23.9 Å². The maximum absolute atomic E-state index is 12.8. The first-order valence-corrected chi connectivity index (χ1v) is 10.4. The molecule has 0 bridgehead atoms. The monoisotopic (exact) mass is 401 g/mol. The summed E-state index contributed by atoms with van der Waals surface area (Å²) >= 11 is 1.67. The highest BCUT2D eigenvalue weighted by atomic mass is 32.1. The van der Waals surface area contributed by atoms with E-state index in [4.69, 9.17) is 0 Å². The van der Waals surface area contributed by atoms with Crippen LogP contribution in [0.5, 0.6) is 5.75 Å². The molecule has 1 aromatic carbocycles.